The summed E-state index contributed by atoms with van der Waals surface area (Å²) >= 11 is 12.6. The van der Waals surface area contributed by atoms with E-state index in [4.69, 9.17) is 23.2 Å². The molecule has 1 atom stereocenters. The van der Waals surface area contributed by atoms with Crippen LogP contribution in [-0.4, -0.2) is 44.3 Å². The van der Waals surface area contributed by atoms with Crippen molar-refractivity contribution in [1.82, 2.24) is 10.2 Å². The topological polar surface area (TPSA) is 86.8 Å². The highest BCUT2D eigenvalue weighted by atomic mass is 35.5. The molecule has 2 amide bonds. The van der Waals surface area contributed by atoms with Gasteiger partial charge in [0, 0.05) is 18.1 Å². The molecule has 0 saturated carbocycles. The summed E-state index contributed by atoms with van der Waals surface area (Å²) < 4.78 is 28.6. The van der Waals surface area contributed by atoms with Gasteiger partial charge in [-0.2, -0.15) is 0 Å². The Labute approximate surface area is 240 Å². The van der Waals surface area contributed by atoms with Crippen LogP contribution in [0.4, 0.5) is 5.69 Å². The number of carbonyl (C=O) groups excluding carboxylic acids is 2. The van der Waals surface area contributed by atoms with Gasteiger partial charge >= 0.3 is 0 Å². The van der Waals surface area contributed by atoms with Crippen molar-refractivity contribution in [3.8, 4) is 0 Å². The van der Waals surface area contributed by atoms with Crippen LogP contribution in [0.15, 0.2) is 77.7 Å². The van der Waals surface area contributed by atoms with Gasteiger partial charge in [-0.05, 0) is 55.7 Å². The summed E-state index contributed by atoms with van der Waals surface area (Å²) in [5, 5.41) is 3.24. The van der Waals surface area contributed by atoms with Crippen LogP contribution >= 0.6 is 23.2 Å². The SMILES string of the molecule is Cc1cccc(CN(C(=O)CN(c2cc(Cl)ccc2Cl)S(=O)(=O)c2ccccc2)C(C)C(=O)NCC(C)C)c1. The third-order valence-electron chi connectivity index (χ3n) is 6.07. The van der Waals surface area contributed by atoms with E-state index in [0.717, 1.165) is 15.4 Å². The summed E-state index contributed by atoms with van der Waals surface area (Å²) in [6.07, 6.45) is 0. The first-order valence-corrected chi connectivity index (χ1v) is 14.7. The molecule has 0 aliphatic rings. The van der Waals surface area contributed by atoms with E-state index in [1.54, 1.807) is 25.1 Å². The monoisotopic (exact) mass is 589 g/mol. The molecule has 0 saturated heterocycles. The van der Waals surface area contributed by atoms with E-state index in [1.807, 2.05) is 45.0 Å². The normalized spacial score (nSPS) is 12.2. The second kappa shape index (κ2) is 13.3. The quantitative estimate of drug-likeness (QED) is 0.311. The van der Waals surface area contributed by atoms with E-state index in [0.29, 0.717) is 6.54 Å². The van der Waals surface area contributed by atoms with Gasteiger partial charge in [0.1, 0.15) is 12.6 Å². The van der Waals surface area contributed by atoms with Gasteiger partial charge in [0.05, 0.1) is 15.6 Å². The van der Waals surface area contributed by atoms with Gasteiger partial charge in [0.15, 0.2) is 0 Å². The van der Waals surface area contributed by atoms with Crippen LogP contribution in [0.2, 0.25) is 10.0 Å². The van der Waals surface area contributed by atoms with Crippen LogP contribution in [-0.2, 0) is 26.2 Å². The molecule has 0 aliphatic heterocycles. The van der Waals surface area contributed by atoms with Gasteiger partial charge in [0.2, 0.25) is 11.8 Å². The lowest BCUT2D eigenvalue weighted by Crippen LogP contribution is -2.51. The van der Waals surface area contributed by atoms with Crippen LogP contribution in [0.5, 0.6) is 0 Å². The number of halogens is 2. The van der Waals surface area contributed by atoms with E-state index in [9.17, 15) is 18.0 Å². The smallest absolute Gasteiger partial charge is 0.264 e. The minimum Gasteiger partial charge on any atom is -0.354 e. The van der Waals surface area contributed by atoms with Crippen LogP contribution in [0.25, 0.3) is 0 Å². The molecule has 0 aliphatic carbocycles. The third kappa shape index (κ3) is 7.97. The molecule has 1 N–H and O–H groups in total. The highest BCUT2D eigenvalue weighted by Gasteiger charge is 2.33. The summed E-state index contributed by atoms with van der Waals surface area (Å²) in [7, 11) is -4.23. The number of benzene rings is 3. The summed E-state index contributed by atoms with van der Waals surface area (Å²) in [5.41, 5.74) is 1.87. The lowest BCUT2D eigenvalue weighted by molar-refractivity contribution is -0.139. The Hall–Kier alpha value is -3.07. The molecule has 3 aromatic carbocycles. The van der Waals surface area contributed by atoms with Crippen molar-refractivity contribution < 1.29 is 18.0 Å². The molecule has 0 heterocycles. The van der Waals surface area contributed by atoms with Gasteiger partial charge in [-0.1, -0.05) is 85.1 Å². The van der Waals surface area contributed by atoms with Gasteiger partial charge in [0.25, 0.3) is 10.0 Å². The largest absolute Gasteiger partial charge is 0.354 e. The predicted octanol–water partition coefficient (Wildman–Crippen LogP) is 5.69. The zero-order valence-electron chi connectivity index (χ0n) is 22.4. The first kappa shape index (κ1) is 30.5. The molecular formula is C29H33Cl2N3O4S. The Kier molecular flexibility index (Phi) is 10.4. The number of rotatable bonds is 11. The van der Waals surface area contributed by atoms with Gasteiger partial charge < -0.3 is 10.2 Å². The van der Waals surface area contributed by atoms with Gasteiger partial charge in [-0.3, -0.25) is 13.9 Å². The molecule has 208 valence electrons. The molecule has 0 aromatic heterocycles. The number of hydrogen-bond acceptors (Lipinski definition) is 4. The van der Waals surface area contributed by atoms with Crippen molar-refractivity contribution in [2.24, 2.45) is 5.92 Å². The first-order valence-electron chi connectivity index (χ1n) is 12.6. The standard InChI is InChI=1S/C29H33Cl2N3O4S/c1-20(2)17-32-29(36)22(4)33(18-23-10-8-9-21(3)15-23)28(35)19-34(27-16-24(30)13-14-26(27)31)39(37,38)25-11-6-5-7-12-25/h5-16,20,22H,17-19H2,1-4H3,(H,32,36). The fourth-order valence-electron chi connectivity index (χ4n) is 3.95. The molecule has 0 bridgehead atoms. The summed E-state index contributed by atoms with van der Waals surface area (Å²) in [6, 6.07) is 18.9. The zero-order valence-corrected chi connectivity index (χ0v) is 24.7. The Balaban J connectivity index is 2.04. The average Bonchev–Trinajstić information content (AvgIpc) is 2.90. The molecule has 10 heteroatoms. The maximum atomic E-state index is 13.9. The number of anilines is 1. The first-order chi connectivity index (χ1) is 18.4. The molecule has 0 radical (unpaired) electrons. The van der Waals surface area contributed by atoms with E-state index < -0.39 is 28.5 Å². The van der Waals surface area contributed by atoms with Crippen molar-refractivity contribution in [2.75, 3.05) is 17.4 Å². The second-order valence-corrected chi connectivity index (χ2v) is 12.5. The van der Waals surface area contributed by atoms with Crippen LogP contribution in [0.1, 0.15) is 31.9 Å². The number of hydrogen-bond donors (Lipinski definition) is 1. The molecule has 1 unspecified atom stereocenters. The highest BCUT2D eigenvalue weighted by Crippen LogP contribution is 2.33. The maximum Gasteiger partial charge on any atom is 0.264 e. The number of aryl methyl sites for hydroxylation is 1. The second-order valence-electron chi connectivity index (χ2n) is 9.75. The van der Waals surface area contributed by atoms with Crippen molar-refractivity contribution in [3.63, 3.8) is 0 Å². The maximum absolute atomic E-state index is 13.9. The number of amides is 2. The fourth-order valence-corrected chi connectivity index (χ4v) is 5.83. The van der Waals surface area contributed by atoms with Crippen molar-refractivity contribution >= 4 is 50.7 Å². The molecule has 3 rings (SSSR count). The Morgan fingerprint density at radius 2 is 1.62 bits per heavy atom. The van der Waals surface area contributed by atoms with Crippen LogP contribution in [0.3, 0.4) is 0 Å². The molecule has 39 heavy (non-hydrogen) atoms. The highest BCUT2D eigenvalue weighted by molar-refractivity contribution is 7.92. The minimum atomic E-state index is -4.23. The summed E-state index contributed by atoms with van der Waals surface area (Å²) in [6.45, 7) is 7.48. The molecule has 7 nitrogen and oxygen atoms in total. The van der Waals surface area contributed by atoms with Gasteiger partial charge in [-0.15, -0.1) is 0 Å². The molecule has 3 aromatic rings. The number of nitrogens with zero attached hydrogens (tertiary/aromatic N) is 2. The molecule has 0 fully saturated rings. The average molecular weight is 591 g/mol. The zero-order chi connectivity index (χ0) is 28.7. The van der Waals surface area contributed by atoms with Crippen molar-refractivity contribution in [2.45, 2.75) is 45.2 Å². The van der Waals surface area contributed by atoms with E-state index >= 15 is 0 Å². The third-order valence-corrected chi connectivity index (χ3v) is 8.40. The lowest BCUT2D eigenvalue weighted by atomic mass is 10.1. The Morgan fingerprint density at radius 3 is 2.26 bits per heavy atom. The summed E-state index contributed by atoms with van der Waals surface area (Å²) in [5.74, 6) is -0.680. The number of sulfonamides is 1. The van der Waals surface area contributed by atoms with Crippen LogP contribution in [0, 0.1) is 12.8 Å². The molecule has 0 spiro atoms. The fraction of sp³-hybridized carbons (Fsp3) is 0.310. The van der Waals surface area contributed by atoms with Crippen LogP contribution < -0.4 is 9.62 Å². The van der Waals surface area contributed by atoms with Crippen molar-refractivity contribution in [1.29, 1.82) is 0 Å². The van der Waals surface area contributed by atoms with E-state index in [2.05, 4.69) is 5.32 Å². The number of carbonyl (C=O) groups is 2. The Morgan fingerprint density at radius 1 is 0.923 bits per heavy atom. The minimum absolute atomic E-state index is 0.0122. The predicted molar refractivity (Wildman–Crippen MR) is 156 cm³/mol. The lowest BCUT2D eigenvalue weighted by Gasteiger charge is -2.32. The van der Waals surface area contributed by atoms with E-state index in [-0.39, 0.29) is 39.0 Å². The number of nitrogens with one attached hydrogen (secondary N) is 1. The molecular weight excluding hydrogens is 557 g/mol. The Bertz CT molecular complexity index is 1420. The summed E-state index contributed by atoms with van der Waals surface area (Å²) in [4.78, 5) is 28.4. The van der Waals surface area contributed by atoms with Gasteiger partial charge in [-0.25, -0.2) is 8.42 Å². The van der Waals surface area contributed by atoms with Crippen molar-refractivity contribution in [3.05, 3.63) is 94.0 Å². The van der Waals surface area contributed by atoms with E-state index in [1.165, 1.54) is 35.2 Å².